The number of hydrogen-bond donors (Lipinski definition) is 2. The lowest BCUT2D eigenvalue weighted by molar-refractivity contribution is 0.234. The molecular weight excluding hydrogens is 338 g/mol. The van der Waals surface area contributed by atoms with Crippen LogP contribution in [0.2, 0.25) is 5.02 Å². The highest BCUT2D eigenvalue weighted by atomic mass is 35.5. The first-order valence-corrected chi connectivity index (χ1v) is 8.97. The monoisotopic (exact) mass is 359 g/mol. The van der Waals surface area contributed by atoms with Gasteiger partial charge in [0.1, 0.15) is 5.75 Å². The number of ether oxygens (including phenoxy) is 1. The van der Waals surface area contributed by atoms with E-state index < -0.39 is 0 Å². The maximum absolute atomic E-state index is 9.46. The second kappa shape index (κ2) is 8.83. The minimum atomic E-state index is 0.431. The molecule has 0 atom stereocenters. The molecule has 1 aliphatic rings. The summed E-state index contributed by atoms with van der Waals surface area (Å²) in [5.74, 6) is 2.12. The highest BCUT2D eigenvalue weighted by molar-refractivity contribution is 6.30. The summed E-state index contributed by atoms with van der Waals surface area (Å²) in [5, 5.41) is 10.1. The highest BCUT2D eigenvalue weighted by Gasteiger charge is 2.13. The van der Waals surface area contributed by atoms with Crippen LogP contribution in [0.15, 0.2) is 47.6 Å². The Hall–Kier alpha value is -2.11. The third-order valence-corrected chi connectivity index (χ3v) is 4.63. The molecule has 0 bridgehead atoms. The van der Waals surface area contributed by atoms with Gasteiger partial charge in [-0.25, -0.2) is 4.98 Å². The van der Waals surface area contributed by atoms with Crippen molar-refractivity contribution < 1.29 is 9.94 Å². The van der Waals surface area contributed by atoms with E-state index in [0.29, 0.717) is 28.4 Å². The van der Waals surface area contributed by atoms with Gasteiger partial charge in [0.25, 0.3) is 0 Å². The smallest absolute Gasteiger partial charge is 0.219 e. The zero-order valence-corrected chi connectivity index (χ0v) is 14.7. The van der Waals surface area contributed by atoms with Gasteiger partial charge in [-0.3, -0.25) is 15.7 Å². The summed E-state index contributed by atoms with van der Waals surface area (Å²) in [4.78, 5) is 8.75. The van der Waals surface area contributed by atoms with Gasteiger partial charge in [-0.1, -0.05) is 30.9 Å². The van der Waals surface area contributed by atoms with Crippen LogP contribution in [0.5, 0.6) is 11.6 Å². The summed E-state index contributed by atoms with van der Waals surface area (Å²) in [7, 11) is 0. The summed E-state index contributed by atoms with van der Waals surface area (Å²) in [6.45, 7) is 0.721. The van der Waals surface area contributed by atoms with Crippen molar-refractivity contribution >= 4 is 17.4 Å². The molecule has 0 amide bonds. The summed E-state index contributed by atoms with van der Waals surface area (Å²) in [6, 6.07) is 10.6. The van der Waals surface area contributed by atoms with E-state index in [2.05, 4.69) is 15.5 Å². The van der Waals surface area contributed by atoms with Crippen molar-refractivity contribution in [1.82, 2.24) is 10.5 Å². The Kier molecular flexibility index (Phi) is 6.25. The van der Waals surface area contributed by atoms with Crippen LogP contribution in [0.1, 0.15) is 37.7 Å². The summed E-state index contributed by atoms with van der Waals surface area (Å²) in [6.07, 6.45) is 7.93. The number of aliphatic imine (C=N–C) groups is 1. The number of aromatic nitrogens is 1. The van der Waals surface area contributed by atoms with Gasteiger partial charge in [0, 0.05) is 29.4 Å². The Morgan fingerprint density at radius 1 is 1.20 bits per heavy atom. The fraction of sp³-hybridized carbons (Fsp3) is 0.368. The van der Waals surface area contributed by atoms with E-state index in [1.54, 1.807) is 42.6 Å². The van der Waals surface area contributed by atoms with Crippen molar-refractivity contribution in [2.45, 2.75) is 32.1 Å². The van der Waals surface area contributed by atoms with Gasteiger partial charge < -0.3 is 4.74 Å². The van der Waals surface area contributed by atoms with Gasteiger partial charge in [0.05, 0.1) is 0 Å². The quantitative estimate of drug-likeness (QED) is 0.455. The van der Waals surface area contributed by atoms with E-state index >= 15 is 0 Å². The molecule has 25 heavy (non-hydrogen) atoms. The van der Waals surface area contributed by atoms with Crippen LogP contribution >= 0.6 is 11.6 Å². The number of rotatable bonds is 5. The number of benzene rings is 1. The number of pyridine rings is 1. The lowest BCUT2D eigenvalue weighted by Crippen LogP contribution is -2.22. The van der Waals surface area contributed by atoms with Crippen molar-refractivity contribution in [3.05, 3.63) is 53.2 Å². The molecule has 1 fully saturated rings. The molecule has 2 aromatic rings. The van der Waals surface area contributed by atoms with Crippen molar-refractivity contribution in [2.75, 3.05) is 6.54 Å². The van der Waals surface area contributed by atoms with E-state index in [1.165, 1.54) is 32.1 Å². The average molecular weight is 360 g/mol. The number of halogens is 1. The first-order chi connectivity index (χ1) is 12.2. The fourth-order valence-corrected chi connectivity index (χ4v) is 3.14. The van der Waals surface area contributed by atoms with Crippen LogP contribution in [0.25, 0.3) is 0 Å². The molecule has 6 heteroatoms. The minimum Gasteiger partial charge on any atom is -0.439 e. The van der Waals surface area contributed by atoms with Crippen molar-refractivity contribution in [1.29, 1.82) is 0 Å². The predicted molar refractivity (Wildman–Crippen MR) is 98.7 cm³/mol. The number of hydrogen-bond acceptors (Lipinski definition) is 4. The molecule has 2 N–H and O–H groups in total. The van der Waals surface area contributed by atoms with Crippen molar-refractivity contribution in [2.24, 2.45) is 10.9 Å². The Balaban J connectivity index is 1.70. The SMILES string of the molecule is ONC(=NCC1CCCCC1)c1ccnc(Oc2ccc(Cl)cc2)c1. The number of hydroxylamine groups is 1. The molecule has 1 heterocycles. The van der Waals surface area contributed by atoms with Crippen molar-refractivity contribution in [3.63, 3.8) is 0 Å². The predicted octanol–water partition coefficient (Wildman–Crippen LogP) is 4.83. The van der Waals surface area contributed by atoms with Gasteiger partial charge in [-0.2, -0.15) is 0 Å². The zero-order chi connectivity index (χ0) is 17.5. The molecule has 1 saturated carbocycles. The topological polar surface area (TPSA) is 66.7 Å². The first-order valence-electron chi connectivity index (χ1n) is 8.59. The lowest BCUT2D eigenvalue weighted by atomic mass is 9.89. The van der Waals surface area contributed by atoms with E-state index in [1.807, 2.05) is 0 Å². The van der Waals surface area contributed by atoms with Gasteiger partial charge >= 0.3 is 0 Å². The van der Waals surface area contributed by atoms with E-state index in [9.17, 15) is 5.21 Å². The van der Waals surface area contributed by atoms with Gasteiger partial charge in [0.15, 0.2) is 5.84 Å². The Morgan fingerprint density at radius 3 is 2.68 bits per heavy atom. The van der Waals surface area contributed by atoms with Crippen molar-refractivity contribution in [3.8, 4) is 11.6 Å². The normalized spacial score (nSPS) is 15.8. The Morgan fingerprint density at radius 2 is 1.96 bits per heavy atom. The second-order valence-electron chi connectivity index (χ2n) is 6.24. The molecule has 5 nitrogen and oxygen atoms in total. The molecule has 0 spiro atoms. The van der Waals surface area contributed by atoms with E-state index in [4.69, 9.17) is 16.3 Å². The highest BCUT2D eigenvalue weighted by Crippen LogP contribution is 2.24. The minimum absolute atomic E-state index is 0.431. The maximum Gasteiger partial charge on any atom is 0.219 e. The van der Waals surface area contributed by atoms with Gasteiger partial charge in [-0.05, 0) is 49.1 Å². The molecule has 132 valence electrons. The molecule has 0 unspecified atom stereocenters. The summed E-state index contributed by atoms with van der Waals surface area (Å²) >= 11 is 5.88. The fourth-order valence-electron chi connectivity index (χ4n) is 3.02. The van der Waals surface area contributed by atoms with Gasteiger partial charge in [0.2, 0.25) is 5.88 Å². The molecule has 0 saturated heterocycles. The average Bonchev–Trinajstić information content (AvgIpc) is 2.65. The number of nitrogens with zero attached hydrogens (tertiary/aromatic N) is 2. The Bertz CT molecular complexity index is 713. The van der Waals surface area contributed by atoms with Gasteiger partial charge in [-0.15, -0.1) is 0 Å². The van der Waals surface area contributed by atoms with Crippen LogP contribution in [0.3, 0.4) is 0 Å². The first kappa shape index (κ1) is 17.7. The molecule has 1 aromatic carbocycles. The molecule has 1 aliphatic carbocycles. The van der Waals surface area contributed by atoms with E-state index in [0.717, 1.165) is 12.1 Å². The molecule has 0 aliphatic heterocycles. The van der Waals surface area contributed by atoms with Crippen LogP contribution in [-0.2, 0) is 0 Å². The summed E-state index contributed by atoms with van der Waals surface area (Å²) in [5.41, 5.74) is 2.94. The lowest BCUT2D eigenvalue weighted by Gasteiger charge is -2.19. The zero-order valence-electron chi connectivity index (χ0n) is 14.0. The molecular formula is C19H22ClN3O2. The summed E-state index contributed by atoms with van der Waals surface area (Å²) < 4.78 is 5.73. The van der Waals surface area contributed by atoms with Crippen LogP contribution in [-0.4, -0.2) is 22.6 Å². The molecule has 1 aromatic heterocycles. The largest absolute Gasteiger partial charge is 0.439 e. The maximum atomic E-state index is 9.46. The Labute approximate surface area is 152 Å². The van der Waals surface area contributed by atoms with Crippen LogP contribution < -0.4 is 10.2 Å². The number of amidine groups is 1. The molecule has 3 rings (SSSR count). The van der Waals surface area contributed by atoms with E-state index in [-0.39, 0.29) is 0 Å². The second-order valence-corrected chi connectivity index (χ2v) is 6.68. The third kappa shape index (κ3) is 5.18. The number of nitrogens with one attached hydrogen (secondary N) is 1. The van der Waals surface area contributed by atoms with Crippen LogP contribution in [0.4, 0.5) is 0 Å². The van der Waals surface area contributed by atoms with Crippen LogP contribution in [0, 0.1) is 5.92 Å². The standard InChI is InChI=1S/C19H22ClN3O2/c20-16-6-8-17(9-7-16)25-18-12-15(10-11-21-18)19(23-24)22-13-14-4-2-1-3-5-14/h6-12,14,24H,1-5,13H2,(H,22,23). The molecule has 0 radical (unpaired) electrons. The third-order valence-electron chi connectivity index (χ3n) is 4.38.